The predicted molar refractivity (Wildman–Crippen MR) is 79.4 cm³/mol. The van der Waals surface area contributed by atoms with Crippen molar-refractivity contribution in [2.24, 2.45) is 5.92 Å². The molecule has 2 unspecified atom stereocenters. The van der Waals surface area contributed by atoms with Crippen molar-refractivity contribution in [3.63, 3.8) is 0 Å². The van der Waals surface area contributed by atoms with Crippen LogP contribution < -0.4 is 5.32 Å². The molecule has 18 heavy (non-hydrogen) atoms. The average molecular weight is 261 g/mol. The van der Waals surface area contributed by atoms with Crippen molar-refractivity contribution in [2.75, 3.05) is 12.3 Å². The van der Waals surface area contributed by atoms with E-state index in [9.17, 15) is 0 Å². The van der Waals surface area contributed by atoms with E-state index in [-0.39, 0.29) is 0 Å². The number of nitrogens with one attached hydrogen (secondary N) is 1. The highest BCUT2D eigenvalue weighted by Gasteiger charge is 2.28. The van der Waals surface area contributed by atoms with E-state index in [1.165, 1.54) is 49.3 Å². The van der Waals surface area contributed by atoms with Gasteiger partial charge in [-0.3, -0.25) is 0 Å². The van der Waals surface area contributed by atoms with Crippen LogP contribution in [0.5, 0.6) is 0 Å². The molecule has 3 rings (SSSR count). The second-order valence-electron chi connectivity index (χ2n) is 5.57. The maximum atomic E-state index is 3.68. The predicted octanol–water partition coefficient (Wildman–Crippen LogP) is 3.66. The highest BCUT2D eigenvalue weighted by Crippen LogP contribution is 2.32. The van der Waals surface area contributed by atoms with Crippen molar-refractivity contribution in [3.8, 4) is 0 Å². The van der Waals surface area contributed by atoms with E-state index >= 15 is 0 Å². The van der Waals surface area contributed by atoms with Gasteiger partial charge in [0.1, 0.15) is 0 Å². The van der Waals surface area contributed by atoms with Gasteiger partial charge >= 0.3 is 0 Å². The zero-order valence-electron chi connectivity index (χ0n) is 11.2. The lowest BCUT2D eigenvalue weighted by molar-refractivity contribution is 0.349. The number of fused-ring (bicyclic) bond motifs is 1. The molecule has 1 aliphatic heterocycles. The van der Waals surface area contributed by atoms with Gasteiger partial charge in [0.15, 0.2) is 0 Å². The molecule has 0 bridgehead atoms. The Morgan fingerprint density at radius 3 is 3.00 bits per heavy atom. The van der Waals surface area contributed by atoms with Gasteiger partial charge in [0.25, 0.3) is 0 Å². The molecule has 1 saturated heterocycles. The maximum Gasteiger partial charge on any atom is 0.00990 e. The number of rotatable bonds is 3. The van der Waals surface area contributed by atoms with Crippen LogP contribution in [0.25, 0.3) is 0 Å². The molecule has 98 valence electrons. The van der Waals surface area contributed by atoms with Gasteiger partial charge in [-0.25, -0.2) is 0 Å². The molecule has 1 aromatic rings. The van der Waals surface area contributed by atoms with Gasteiger partial charge in [-0.05, 0) is 73.6 Å². The number of hydrogen-bond donors (Lipinski definition) is 1. The normalized spacial score (nSPS) is 27.2. The van der Waals surface area contributed by atoms with Crippen LogP contribution in [0.3, 0.4) is 0 Å². The number of aryl methyl sites for hydroxylation is 1. The van der Waals surface area contributed by atoms with E-state index in [1.807, 2.05) is 11.8 Å². The summed E-state index contributed by atoms with van der Waals surface area (Å²) in [5.74, 6) is 2.05. The standard InChI is InChI=1S/C16H23NS/c1-2-18-15-8-7-12-10-14(6-5-13(12)11-15)16-4-3-9-17-16/h7-8,11,14,16-17H,2-6,9-10H2,1H3. The average Bonchev–Trinajstić information content (AvgIpc) is 2.92. The van der Waals surface area contributed by atoms with Gasteiger partial charge in [0.2, 0.25) is 0 Å². The van der Waals surface area contributed by atoms with Gasteiger partial charge in [0, 0.05) is 10.9 Å². The highest BCUT2D eigenvalue weighted by molar-refractivity contribution is 7.99. The highest BCUT2D eigenvalue weighted by atomic mass is 32.2. The van der Waals surface area contributed by atoms with Crippen LogP contribution in [0.15, 0.2) is 23.1 Å². The molecule has 2 aliphatic rings. The maximum absolute atomic E-state index is 3.68. The van der Waals surface area contributed by atoms with Crippen LogP contribution in [-0.4, -0.2) is 18.3 Å². The van der Waals surface area contributed by atoms with Crippen molar-refractivity contribution in [1.82, 2.24) is 5.32 Å². The molecule has 0 spiro atoms. The first kappa shape index (κ1) is 12.6. The minimum Gasteiger partial charge on any atom is -0.314 e. The van der Waals surface area contributed by atoms with E-state index in [2.05, 4.69) is 30.4 Å². The lowest BCUT2D eigenvalue weighted by Gasteiger charge is -2.29. The summed E-state index contributed by atoms with van der Waals surface area (Å²) in [5.41, 5.74) is 3.23. The summed E-state index contributed by atoms with van der Waals surface area (Å²) >= 11 is 1.96. The largest absolute Gasteiger partial charge is 0.314 e. The van der Waals surface area contributed by atoms with Crippen molar-refractivity contribution in [2.45, 2.75) is 50.0 Å². The Hall–Kier alpha value is -0.470. The molecule has 0 amide bonds. The summed E-state index contributed by atoms with van der Waals surface area (Å²) in [6.07, 6.45) is 6.73. The molecule has 2 heteroatoms. The lowest BCUT2D eigenvalue weighted by atomic mass is 9.79. The van der Waals surface area contributed by atoms with Crippen LogP contribution >= 0.6 is 11.8 Å². The smallest absolute Gasteiger partial charge is 0.00990 e. The second-order valence-corrected chi connectivity index (χ2v) is 6.91. The third kappa shape index (κ3) is 2.60. The topological polar surface area (TPSA) is 12.0 Å². The summed E-state index contributed by atoms with van der Waals surface area (Å²) < 4.78 is 0. The quantitative estimate of drug-likeness (QED) is 0.834. The van der Waals surface area contributed by atoms with Crippen LogP contribution in [-0.2, 0) is 12.8 Å². The summed E-state index contributed by atoms with van der Waals surface area (Å²) in [5, 5.41) is 3.68. The Labute approximate surface area is 115 Å². The molecule has 0 saturated carbocycles. The third-order valence-electron chi connectivity index (χ3n) is 4.42. The van der Waals surface area contributed by atoms with Crippen LogP contribution in [0.1, 0.15) is 37.3 Å². The summed E-state index contributed by atoms with van der Waals surface area (Å²) in [6.45, 7) is 3.46. The summed E-state index contributed by atoms with van der Waals surface area (Å²) in [6, 6.07) is 7.93. The van der Waals surface area contributed by atoms with E-state index in [0.717, 1.165) is 12.0 Å². The number of thioether (sulfide) groups is 1. The van der Waals surface area contributed by atoms with E-state index in [4.69, 9.17) is 0 Å². The molecule has 1 nitrogen and oxygen atoms in total. The van der Waals surface area contributed by atoms with Crippen LogP contribution in [0.2, 0.25) is 0 Å². The molecular weight excluding hydrogens is 238 g/mol. The van der Waals surface area contributed by atoms with Gasteiger partial charge in [-0.15, -0.1) is 11.8 Å². The van der Waals surface area contributed by atoms with Crippen molar-refractivity contribution in [1.29, 1.82) is 0 Å². The molecule has 1 aliphatic carbocycles. The van der Waals surface area contributed by atoms with Crippen molar-refractivity contribution in [3.05, 3.63) is 29.3 Å². The first-order valence-electron chi connectivity index (χ1n) is 7.35. The van der Waals surface area contributed by atoms with Gasteiger partial charge in [-0.2, -0.15) is 0 Å². The lowest BCUT2D eigenvalue weighted by Crippen LogP contribution is -2.34. The first-order valence-corrected chi connectivity index (χ1v) is 8.33. The van der Waals surface area contributed by atoms with Gasteiger partial charge in [0.05, 0.1) is 0 Å². The van der Waals surface area contributed by atoms with Crippen molar-refractivity contribution < 1.29 is 0 Å². The number of benzene rings is 1. The summed E-state index contributed by atoms with van der Waals surface area (Å²) in [7, 11) is 0. The SMILES string of the molecule is CCSc1ccc2c(c1)CCC(C1CCCN1)C2. The molecular formula is C16H23NS. The van der Waals surface area contributed by atoms with Gasteiger partial charge in [-0.1, -0.05) is 13.0 Å². The monoisotopic (exact) mass is 261 g/mol. The minimum absolute atomic E-state index is 0.794. The van der Waals surface area contributed by atoms with E-state index in [1.54, 1.807) is 11.1 Å². The first-order chi connectivity index (χ1) is 8.86. The molecule has 0 aromatic heterocycles. The fourth-order valence-electron chi connectivity index (χ4n) is 3.47. The molecule has 1 heterocycles. The molecule has 1 N–H and O–H groups in total. The molecule has 0 radical (unpaired) electrons. The third-order valence-corrected chi connectivity index (χ3v) is 5.30. The summed E-state index contributed by atoms with van der Waals surface area (Å²) in [4.78, 5) is 1.45. The molecule has 1 fully saturated rings. The van der Waals surface area contributed by atoms with Gasteiger partial charge < -0.3 is 5.32 Å². The van der Waals surface area contributed by atoms with Crippen LogP contribution in [0.4, 0.5) is 0 Å². The fourth-order valence-corrected chi connectivity index (χ4v) is 4.20. The second kappa shape index (κ2) is 5.66. The zero-order chi connectivity index (χ0) is 12.4. The zero-order valence-corrected chi connectivity index (χ0v) is 12.1. The molecule has 1 aromatic carbocycles. The Balaban J connectivity index is 1.72. The fraction of sp³-hybridized carbons (Fsp3) is 0.625. The van der Waals surface area contributed by atoms with Crippen molar-refractivity contribution >= 4 is 11.8 Å². The number of hydrogen-bond acceptors (Lipinski definition) is 2. The minimum atomic E-state index is 0.794. The Kier molecular flexibility index (Phi) is 3.95. The van der Waals surface area contributed by atoms with E-state index in [0.29, 0.717) is 0 Å². The molecule has 2 atom stereocenters. The van der Waals surface area contributed by atoms with E-state index < -0.39 is 0 Å². The Morgan fingerprint density at radius 2 is 2.22 bits per heavy atom. The van der Waals surface area contributed by atoms with Crippen LogP contribution in [0, 0.1) is 5.92 Å². The Bertz CT molecular complexity index is 410. The Morgan fingerprint density at radius 1 is 1.28 bits per heavy atom.